The van der Waals surface area contributed by atoms with E-state index in [0.29, 0.717) is 0 Å². The molecule has 0 saturated heterocycles. The molecular formula is C4H5Cl5IrNS. The molecule has 0 aliphatic carbocycles. The summed E-state index contributed by atoms with van der Waals surface area (Å²) in [5.41, 5.74) is 1.83. The molecule has 0 radical (unpaired) electrons. The van der Waals surface area contributed by atoms with Gasteiger partial charge in [0, 0.05) is 11.1 Å². The Hall–Kier alpha value is 1.73. The van der Waals surface area contributed by atoms with Crippen LogP contribution in [0.1, 0.15) is 4.88 Å². The first-order valence-corrected chi connectivity index (χ1v) is 18.1. The van der Waals surface area contributed by atoms with Crippen molar-refractivity contribution in [3.63, 3.8) is 0 Å². The Morgan fingerprint density at radius 2 is 1.67 bits per heavy atom. The van der Waals surface area contributed by atoms with Crippen LogP contribution in [0.4, 0.5) is 0 Å². The Morgan fingerprint density at radius 1 is 1.25 bits per heavy atom. The van der Waals surface area contributed by atoms with Gasteiger partial charge in [0.1, 0.15) is 0 Å². The molecule has 0 atom stereocenters. The van der Waals surface area contributed by atoms with Gasteiger partial charge in [-0.15, -0.1) is 11.3 Å². The first-order valence-electron chi connectivity index (χ1n) is 2.37. The summed E-state index contributed by atoms with van der Waals surface area (Å²) < 4.78 is 0. The molecule has 1 nitrogen and oxygen atoms in total. The van der Waals surface area contributed by atoms with Gasteiger partial charge < -0.3 is 0 Å². The van der Waals surface area contributed by atoms with Crippen molar-refractivity contribution in [2.45, 2.75) is 6.92 Å². The molecule has 12 heavy (non-hydrogen) atoms. The molecule has 0 aliphatic heterocycles. The second-order valence-electron chi connectivity index (χ2n) is 1.59. The summed E-state index contributed by atoms with van der Waals surface area (Å²) in [5, 5.41) is 0. The molecule has 0 aliphatic rings. The van der Waals surface area contributed by atoms with Gasteiger partial charge in [-0.05, 0) is 6.92 Å². The molecule has 1 heterocycles. The van der Waals surface area contributed by atoms with Crippen LogP contribution in [0.5, 0.6) is 0 Å². The number of nitrogens with zero attached hydrogens (tertiary/aromatic N) is 1. The van der Waals surface area contributed by atoms with Gasteiger partial charge in [-0.3, -0.25) is 4.98 Å². The van der Waals surface area contributed by atoms with Crippen LogP contribution in [0, 0.1) is 6.92 Å². The van der Waals surface area contributed by atoms with Crippen LogP contribution in [0.25, 0.3) is 0 Å². The second kappa shape index (κ2) is 4.99. The minimum atomic E-state index is -4.24. The van der Waals surface area contributed by atoms with E-state index < -0.39 is 9.02 Å². The molecule has 0 unspecified atom stereocenters. The molecule has 1 aromatic rings. The van der Waals surface area contributed by atoms with Crippen LogP contribution in [-0.4, -0.2) is 4.98 Å². The van der Waals surface area contributed by atoms with Gasteiger partial charge in [0.25, 0.3) is 0 Å². The Labute approximate surface area is 95.7 Å². The van der Waals surface area contributed by atoms with Crippen molar-refractivity contribution in [3.05, 3.63) is 16.6 Å². The van der Waals surface area contributed by atoms with E-state index in [2.05, 4.69) is 4.98 Å². The van der Waals surface area contributed by atoms with Crippen molar-refractivity contribution in [2.24, 2.45) is 0 Å². The number of hydrogen-bond donors (Lipinski definition) is 0. The van der Waals surface area contributed by atoms with Crippen LogP contribution in [0.3, 0.4) is 0 Å². The fraction of sp³-hybridized carbons (Fsp3) is 0.250. The SMILES string of the molecule is Cc1cncs1.[Cl][Ir]([Cl])([Cl])([Cl])[Cl]. The van der Waals surface area contributed by atoms with Crippen LogP contribution in [0.15, 0.2) is 11.7 Å². The molecule has 1 rings (SSSR count). The van der Waals surface area contributed by atoms with Crippen molar-refractivity contribution in [1.29, 1.82) is 0 Å². The third-order valence-corrected chi connectivity index (χ3v) is 1.26. The Morgan fingerprint density at radius 3 is 1.75 bits per heavy atom. The minimum absolute atomic E-state index is 1.27. The summed E-state index contributed by atoms with van der Waals surface area (Å²) in [4.78, 5) is 5.11. The summed E-state index contributed by atoms with van der Waals surface area (Å²) in [6.45, 7) is 2.04. The number of halogens is 5. The second-order valence-corrected chi connectivity index (χ2v) is 37.3. The van der Waals surface area contributed by atoms with E-state index in [1.807, 2.05) is 18.6 Å². The quantitative estimate of drug-likeness (QED) is 0.528. The van der Waals surface area contributed by atoms with Crippen LogP contribution in [0.2, 0.25) is 0 Å². The van der Waals surface area contributed by atoms with Crippen LogP contribution in [-0.2, 0) is 9.02 Å². The maximum atomic E-state index is 5.04. The molecule has 0 bridgehead atoms. The fourth-order valence-corrected chi connectivity index (χ4v) is 0.689. The van der Waals surface area contributed by atoms with E-state index in [1.54, 1.807) is 11.3 Å². The average molecular weight is 469 g/mol. The van der Waals surface area contributed by atoms with Crippen molar-refractivity contribution in [3.8, 4) is 0 Å². The summed E-state index contributed by atoms with van der Waals surface area (Å²) in [6.07, 6.45) is 1.85. The summed E-state index contributed by atoms with van der Waals surface area (Å²) >= 11 is 1.67. The molecule has 0 spiro atoms. The van der Waals surface area contributed by atoms with Crippen LogP contribution < -0.4 is 0 Å². The van der Waals surface area contributed by atoms with Gasteiger partial charge in [-0.1, -0.05) is 0 Å². The van der Waals surface area contributed by atoms with Gasteiger partial charge in [0.2, 0.25) is 0 Å². The first-order chi connectivity index (χ1) is 5.13. The average Bonchev–Trinajstić information content (AvgIpc) is 2.09. The predicted molar refractivity (Wildman–Crippen MR) is 56.1 cm³/mol. The monoisotopic (exact) mass is 467 g/mol. The number of rotatable bonds is 0. The standard InChI is InChI=1S/C4H5NS.5ClH.Ir/c1-4-2-5-3-6-4;;;;;;/h2-3H,1H3;5*1H;/q;;;;;;+5/p-5. The molecule has 0 amide bonds. The zero-order chi connectivity index (χ0) is 9.85. The summed E-state index contributed by atoms with van der Waals surface area (Å²) in [6, 6.07) is 0. The molecule has 0 N–H and O–H groups in total. The van der Waals surface area contributed by atoms with Gasteiger partial charge in [-0.25, -0.2) is 0 Å². The first kappa shape index (κ1) is 13.7. The Kier molecular flexibility index (Phi) is 5.71. The number of aromatic nitrogens is 1. The number of aryl methyl sites for hydroxylation is 1. The van der Waals surface area contributed by atoms with Crippen molar-refractivity contribution in [2.75, 3.05) is 0 Å². The third kappa shape index (κ3) is 17.7. The molecule has 0 aromatic carbocycles. The molecule has 1 aromatic heterocycles. The van der Waals surface area contributed by atoms with Gasteiger partial charge in [0.05, 0.1) is 5.51 Å². The molecule has 0 fully saturated rings. The fourth-order valence-electron chi connectivity index (χ4n) is 0.279. The number of hydrogen-bond acceptors (Lipinski definition) is 2. The maximum absolute atomic E-state index is 5.04. The van der Waals surface area contributed by atoms with Gasteiger partial charge >= 0.3 is 56.9 Å². The molecule has 0 saturated carbocycles. The summed E-state index contributed by atoms with van der Waals surface area (Å²) in [7, 11) is 21.0. The molecule has 76 valence electrons. The topological polar surface area (TPSA) is 12.9 Å². The van der Waals surface area contributed by atoms with E-state index in [-0.39, 0.29) is 0 Å². The van der Waals surface area contributed by atoms with E-state index in [0.717, 1.165) is 0 Å². The summed E-state index contributed by atoms with van der Waals surface area (Å²) in [5.74, 6) is 0. The normalized spacial score (nSPS) is 14.0. The number of thiazole rings is 1. The van der Waals surface area contributed by atoms with E-state index in [9.17, 15) is 0 Å². The Bertz CT molecular complexity index is 210. The van der Waals surface area contributed by atoms with Crippen molar-refractivity contribution >= 4 is 59.3 Å². The van der Waals surface area contributed by atoms with Crippen molar-refractivity contribution < 1.29 is 9.02 Å². The van der Waals surface area contributed by atoms with E-state index in [4.69, 9.17) is 47.9 Å². The third-order valence-electron chi connectivity index (χ3n) is 0.556. The molecular weight excluding hydrogens is 464 g/mol. The van der Waals surface area contributed by atoms with Crippen LogP contribution >= 0.6 is 59.3 Å². The van der Waals surface area contributed by atoms with E-state index in [1.165, 1.54) is 4.88 Å². The van der Waals surface area contributed by atoms with E-state index >= 15 is 0 Å². The Balaban J connectivity index is 0.000000202. The van der Waals surface area contributed by atoms with Gasteiger partial charge in [0.15, 0.2) is 0 Å². The zero-order valence-electron chi connectivity index (χ0n) is 5.73. The zero-order valence-corrected chi connectivity index (χ0v) is 12.7. The van der Waals surface area contributed by atoms with Gasteiger partial charge in [-0.2, -0.15) is 0 Å². The molecule has 8 heteroatoms. The predicted octanol–water partition coefficient (Wildman–Crippen LogP) is 4.90. The van der Waals surface area contributed by atoms with Crippen molar-refractivity contribution in [1.82, 2.24) is 4.98 Å².